The third kappa shape index (κ3) is 4.20. The van der Waals surface area contributed by atoms with Crippen LogP contribution in [0.3, 0.4) is 0 Å². The molecule has 4 nitrogen and oxygen atoms in total. The van der Waals surface area contributed by atoms with Gasteiger partial charge < -0.3 is 9.72 Å². The number of hydrogen-bond donors (Lipinski definition) is 1. The second-order valence-electron chi connectivity index (χ2n) is 5.53. The second kappa shape index (κ2) is 7.92. The lowest BCUT2D eigenvalue weighted by Crippen LogP contribution is -2.28. The van der Waals surface area contributed by atoms with Crippen molar-refractivity contribution in [3.63, 3.8) is 0 Å². The fourth-order valence-electron chi connectivity index (χ4n) is 2.83. The molecule has 0 unspecified atom stereocenters. The average Bonchev–Trinajstić information content (AvgIpc) is 2.81. The number of halogens is 1. The van der Waals surface area contributed by atoms with E-state index in [2.05, 4.69) is 11.6 Å². The van der Waals surface area contributed by atoms with E-state index in [0.717, 1.165) is 35.1 Å². The lowest BCUT2D eigenvalue weighted by Gasteiger charge is -2.19. The Morgan fingerprint density at radius 3 is 2.87 bits per heavy atom. The molecule has 0 amide bonds. The third-order valence-electron chi connectivity index (χ3n) is 3.82. The summed E-state index contributed by atoms with van der Waals surface area (Å²) in [6.07, 6.45) is 2.53. The van der Waals surface area contributed by atoms with Crippen molar-refractivity contribution in [2.75, 3.05) is 26.3 Å². The molecular formula is C18H23FN2O2. The summed E-state index contributed by atoms with van der Waals surface area (Å²) in [5, 5.41) is 0.930. The van der Waals surface area contributed by atoms with Gasteiger partial charge >= 0.3 is 5.97 Å². The molecule has 1 aromatic heterocycles. The zero-order valence-corrected chi connectivity index (χ0v) is 13.7. The van der Waals surface area contributed by atoms with Crippen molar-refractivity contribution in [3.8, 4) is 5.75 Å². The number of fused-ring (bicyclic) bond motifs is 1. The molecule has 23 heavy (non-hydrogen) atoms. The number of H-pyrrole nitrogens is 1. The van der Waals surface area contributed by atoms with Crippen molar-refractivity contribution in [1.82, 2.24) is 9.88 Å². The number of aromatic nitrogens is 1. The largest absolute Gasteiger partial charge is 0.426 e. The number of nitrogens with one attached hydrogen (secondary N) is 1. The van der Waals surface area contributed by atoms with Crippen molar-refractivity contribution >= 4 is 16.9 Å². The molecule has 0 aliphatic heterocycles. The summed E-state index contributed by atoms with van der Waals surface area (Å²) in [5.74, 6) is 0.225. The van der Waals surface area contributed by atoms with Gasteiger partial charge in [0.15, 0.2) is 0 Å². The van der Waals surface area contributed by atoms with Gasteiger partial charge in [-0.25, -0.2) is 4.39 Å². The highest BCUT2D eigenvalue weighted by molar-refractivity contribution is 5.92. The van der Waals surface area contributed by atoms with E-state index in [-0.39, 0.29) is 12.6 Å². The molecule has 0 saturated heterocycles. The Bertz CT molecular complexity index is 694. The topological polar surface area (TPSA) is 45.3 Å². The maximum absolute atomic E-state index is 12.6. The van der Waals surface area contributed by atoms with E-state index in [1.54, 1.807) is 12.1 Å². The van der Waals surface area contributed by atoms with Crippen LogP contribution in [0.15, 0.2) is 30.9 Å². The van der Waals surface area contributed by atoms with Gasteiger partial charge in [0.2, 0.25) is 0 Å². The van der Waals surface area contributed by atoms with Crippen LogP contribution in [0.25, 0.3) is 10.9 Å². The van der Waals surface area contributed by atoms with Crippen LogP contribution in [0.2, 0.25) is 0 Å². The Morgan fingerprint density at radius 2 is 2.22 bits per heavy atom. The van der Waals surface area contributed by atoms with Crippen LogP contribution in [0.1, 0.15) is 18.2 Å². The Balaban J connectivity index is 2.30. The van der Waals surface area contributed by atoms with Gasteiger partial charge in [0.1, 0.15) is 12.4 Å². The first-order chi connectivity index (χ1) is 11.1. The van der Waals surface area contributed by atoms with E-state index < -0.39 is 0 Å². The molecule has 1 heterocycles. The molecule has 5 heteroatoms. The van der Waals surface area contributed by atoms with Crippen LogP contribution in [-0.2, 0) is 11.2 Å². The highest BCUT2D eigenvalue weighted by Crippen LogP contribution is 2.31. The number of aromatic amines is 1. The lowest BCUT2D eigenvalue weighted by atomic mass is 10.1. The first-order valence-electron chi connectivity index (χ1n) is 7.74. The molecule has 0 spiro atoms. The number of rotatable bonds is 8. The van der Waals surface area contributed by atoms with Gasteiger partial charge in [0.25, 0.3) is 0 Å². The summed E-state index contributed by atoms with van der Waals surface area (Å²) in [6, 6.07) is 5.61. The molecule has 1 N–H and O–H groups in total. The fourth-order valence-corrected chi connectivity index (χ4v) is 2.83. The number of aryl methyl sites for hydroxylation is 1. The smallest absolute Gasteiger partial charge is 0.308 e. The molecule has 0 saturated carbocycles. The van der Waals surface area contributed by atoms with Crippen molar-refractivity contribution < 1.29 is 13.9 Å². The summed E-state index contributed by atoms with van der Waals surface area (Å²) >= 11 is 0. The molecule has 0 bridgehead atoms. The molecule has 0 aliphatic carbocycles. The second-order valence-corrected chi connectivity index (χ2v) is 5.53. The van der Waals surface area contributed by atoms with E-state index in [1.807, 2.05) is 24.0 Å². The maximum Gasteiger partial charge on any atom is 0.308 e. The lowest BCUT2D eigenvalue weighted by molar-refractivity contribution is -0.131. The van der Waals surface area contributed by atoms with Gasteiger partial charge in [-0.3, -0.25) is 9.69 Å². The Hall–Kier alpha value is -2.14. The van der Waals surface area contributed by atoms with Gasteiger partial charge in [-0.05, 0) is 31.0 Å². The molecular weight excluding hydrogens is 295 g/mol. The van der Waals surface area contributed by atoms with Crippen LogP contribution in [0, 0.1) is 6.92 Å². The molecule has 2 rings (SSSR count). The van der Waals surface area contributed by atoms with Crippen molar-refractivity contribution in [2.24, 2.45) is 0 Å². The van der Waals surface area contributed by atoms with E-state index in [1.165, 1.54) is 6.92 Å². The average molecular weight is 318 g/mol. The number of carbonyl (C=O) groups excluding carboxylic acids is 1. The molecule has 0 radical (unpaired) electrons. The maximum atomic E-state index is 12.6. The summed E-state index contributed by atoms with van der Waals surface area (Å²) in [5.41, 5.74) is 3.08. The summed E-state index contributed by atoms with van der Waals surface area (Å²) in [7, 11) is 0. The molecule has 2 aromatic rings. The minimum atomic E-state index is -0.376. The van der Waals surface area contributed by atoms with Crippen LogP contribution < -0.4 is 4.74 Å². The minimum absolute atomic E-state index is 0.340. The fraction of sp³-hybridized carbons (Fsp3) is 0.389. The van der Waals surface area contributed by atoms with Gasteiger partial charge in [0.05, 0.1) is 0 Å². The Labute approximate surface area is 135 Å². The number of benzene rings is 1. The van der Waals surface area contributed by atoms with E-state index >= 15 is 0 Å². The first-order valence-corrected chi connectivity index (χ1v) is 7.74. The number of alkyl halides is 1. The summed E-state index contributed by atoms with van der Waals surface area (Å²) in [4.78, 5) is 16.7. The van der Waals surface area contributed by atoms with Crippen LogP contribution >= 0.6 is 0 Å². The highest BCUT2D eigenvalue weighted by Gasteiger charge is 2.15. The van der Waals surface area contributed by atoms with Crippen molar-refractivity contribution in [2.45, 2.75) is 20.3 Å². The zero-order chi connectivity index (χ0) is 16.8. The van der Waals surface area contributed by atoms with Gasteiger partial charge in [-0.1, -0.05) is 12.1 Å². The quantitative estimate of drug-likeness (QED) is 0.461. The first kappa shape index (κ1) is 17.2. The number of ether oxygens (including phenoxy) is 1. The summed E-state index contributed by atoms with van der Waals surface area (Å²) < 4.78 is 18.0. The van der Waals surface area contributed by atoms with E-state index in [4.69, 9.17) is 4.74 Å². The molecule has 0 aliphatic rings. The highest BCUT2D eigenvalue weighted by atomic mass is 19.1. The number of esters is 1. The van der Waals surface area contributed by atoms with Crippen LogP contribution in [0.5, 0.6) is 5.75 Å². The number of nitrogens with zero attached hydrogens (tertiary/aromatic N) is 1. The minimum Gasteiger partial charge on any atom is -0.426 e. The normalized spacial score (nSPS) is 11.1. The molecule has 0 fully saturated rings. The van der Waals surface area contributed by atoms with Crippen molar-refractivity contribution in [3.05, 3.63) is 42.1 Å². The van der Waals surface area contributed by atoms with Crippen LogP contribution in [0.4, 0.5) is 4.39 Å². The van der Waals surface area contributed by atoms with Gasteiger partial charge in [-0.15, -0.1) is 6.58 Å². The molecule has 1 aromatic carbocycles. The number of hydrogen-bond acceptors (Lipinski definition) is 3. The Kier molecular flexibility index (Phi) is 5.93. The predicted octanol–water partition coefficient (Wildman–Crippen LogP) is 3.40. The van der Waals surface area contributed by atoms with Crippen LogP contribution in [-0.4, -0.2) is 42.2 Å². The SMILES string of the molecule is C=CCN(CCF)CCc1c(C)[nH]c2cccc(OC(C)=O)c12. The van der Waals surface area contributed by atoms with E-state index in [9.17, 15) is 9.18 Å². The molecule has 124 valence electrons. The summed E-state index contributed by atoms with van der Waals surface area (Å²) in [6.45, 7) is 8.50. The zero-order valence-electron chi connectivity index (χ0n) is 13.7. The monoisotopic (exact) mass is 318 g/mol. The Morgan fingerprint density at radius 1 is 1.43 bits per heavy atom. The van der Waals surface area contributed by atoms with E-state index in [0.29, 0.717) is 18.8 Å². The standard InChI is InChI=1S/C18H23FN2O2/c1-4-10-21(12-9-19)11-8-15-13(2)20-16-6-5-7-17(18(15)16)23-14(3)22/h4-7,20H,1,8-12H2,2-3H3. The van der Waals surface area contributed by atoms with Gasteiger partial charge in [-0.2, -0.15) is 0 Å². The third-order valence-corrected chi connectivity index (χ3v) is 3.82. The predicted molar refractivity (Wildman–Crippen MR) is 90.7 cm³/mol. The number of carbonyl (C=O) groups is 1. The molecule has 0 atom stereocenters. The van der Waals surface area contributed by atoms with Crippen molar-refractivity contribution in [1.29, 1.82) is 0 Å². The van der Waals surface area contributed by atoms with Gasteiger partial charge in [0, 0.05) is 43.2 Å².